The van der Waals surface area contributed by atoms with E-state index < -0.39 is 6.10 Å². The molecule has 0 rings (SSSR count). The van der Waals surface area contributed by atoms with Crippen molar-refractivity contribution in [3.63, 3.8) is 0 Å². The zero-order chi connectivity index (χ0) is 59.9. The lowest BCUT2D eigenvalue weighted by Crippen LogP contribution is -2.30. The highest BCUT2D eigenvalue weighted by molar-refractivity contribution is 5.71. The van der Waals surface area contributed by atoms with Crippen molar-refractivity contribution in [1.82, 2.24) is 0 Å². The number of ether oxygens (including phenoxy) is 3. The van der Waals surface area contributed by atoms with Gasteiger partial charge in [0.25, 0.3) is 0 Å². The van der Waals surface area contributed by atoms with Gasteiger partial charge in [-0.1, -0.05) is 366 Å². The van der Waals surface area contributed by atoms with Crippen LogP contribution in [-0.4, -0.2) is 37.2 Å². The van der Waals surface area contributed by atoms with E-state index in [1.165, 1.54) is 327 Å². The van der Waals surface area contributed by atoms with E-state index in [1.54, 1.807) is 0 Å². The van der Waals surface area contributed by atoms with Gasteiger partial charge in [0.2, 0.25) is 0 Å². The maximum absolute atomic E-state index is 13.0. The van der Waals surface area contributed by atoms with Crippen molar-refractivity contribution in [2.75, 3.05) is 13.2 Å². The molecule has 0 saturated heterocycles. The molecule has 0 amide bonds. The number of hydrogen-bond donors (Lipinski definition) is 0. The Bertz CT molecular complexity index is 1340. The molecule has 0 heterocycles. The van der Waals surface area contributed by atoms with E-state index in [2.05, 4.69) is 45.1 Å². The van der Waals surface area contributed by atoms with Gasteiger partial charge >= 0.3 is 17.9 Å². The Hall–Kier alpha value is -2.11. The lowest BCUT2D eigenvalue weighted by molar-refractivity contribution is -0.167. The van der Waals surface area contributed by atoms with Crippen molar-refractivity contribution >= 4 is 17.9 Å². The van der Waals surface area contributed by atoms with Crippen LogP contribution in [-0.2, 0) is 28.6 Å². The van der Waals surface area contributed by atoms with Crippen molar-refractivity contribution in [2.45, 2.75) is 438 Å². The molecule has 0 aliphatic rings. The quantitative estimate of drug-likeness (QED) is 0.0261. The first-order chi connectivity index (χ1) is 41.0. The smallest absolute Gasteiger partial charge is 0.306 e. The number of rotatable bonds is 71. The fourth-order valence-corrected chi connectivity index (χ4v) is 11.7. The van der Waals surface area contributed by atoms with E-state index >= 15 is 0 Å². The van der Waals surface area contributed by atoms with Gasteiger partial charge in [0.15, 0.2) is 6.10 Å². The summed E-state index contributed by atoms with van der Waals surface area (Å²) in [6.45, 7) is 6.70. The summed E-state index contributed by atoms with van der Waals surface area (Å²) in [5.74, 6) is -0.842. The van der Waals surface area contributed by atoms with E-state index in [0.29, 0.717) is 19.3 Å². The number of hydrogen-bond acceptors (Lipinski definition) is 6. The second-order valence-electron chi connectivity index (χ2n) is 25.9. The summed E-state index contributed by atoms with van der Waals surface area (Å²) in [6, 6.07) is 0. The molecule has 0 saturated carbocycles. The van der Waals surface area contributed by atoms with Gasteiger partial charge in [-0.25, -0.2) is 0 Å². The number of carbonyl (C=O) groups is 3. The molecular formula is C77H146O6. The Morgan fingerprint density at radius 2 is 0.398 bits per heavy atom. The summed E-state index contributed by atoms with van der Waals surface area (Å²) in [5, 5.41) is 0. The zero-order valence-electron chi connectivity index (χ0n) is 56.5. The van der Waals surface area contributed by atoms with Crippen LogP contribution >= 0.6 is 0 Å². The van der Waals surface area contributed by atoms with Gasteiger partial charge in [0.1, 0.15) is 13.2 Å². The Morgan fingerprint density at radius 1 is 0.229 bits per heavy atom. The van der Waals surface area contributed by atoms with Gasteiger partial charge in [-0.15, -0.1) is 0 Å². The van der Waals surface area contributed by atoms with E-state index in [4.69, 9.17) is 14.2 Å². The zero-order valence-corrected chi connectivity index (χ0v) is 56.5. The molecule has 490 valence electrons. The van der Waals surface area contributed by atoms with Gasteiger partial charge in [-0.05, 0) is 70.6 Å². The SMILES string of the molecule is CCCCC/C=C\CCCCCCCC(=O)OCC(COC(=O)CCCCCCCCCCCCCCCCCCCCC/C=C\CCCCCCCCCC)OC(=O)CCCCCCCCCCCCCCCCCCCCCCCC. The lowest BCUT2D eigenvalue weighted by atomic mass is 10.0. The average Bonchev–Trinajstić information content (AvgIpc) is 3.49. The highest BCUT2D eigenvalue weighted by atomic mass is 16.6. The predicted octanol–water partition coefficient (Wildman–Crippen LogP) is 26.1. The molecule has 0 aliphatic heterocycles. The molecule has 0 spiro atoms. The van der Waals surface area contributed by atoms with Crippen LogP contribution < -0.4 is 0 Å². The molecule has 0 N–H and O–H groups in total. The van der Waals surface area contributed by atoms with Crippen LogP contribution in [0, 0.1) is 0 Å². The van der Waals surface area contributed by atoms with Gasteiger partial charge in [-0.3, -0.25) is 14.4 Å². The minimum Gasteiger partial charge on any atom is -0.462 e. The van der Waals surface area contributed by atoms with Crippen LogP contribution in [0.3, 0.4) is 0 Å². The largest absolute Gasteiger partial charge is 0.462 e. The number of carbonyl (C=O) groups excluding carboxylic acids is 3. The summed E-state index contributed by atoms with van der Waals surface area (Å²) in [4.78, 5) is 38.4. The first-order valence-electron chi connectivity index (χ1n) is 37.8. The van der Waals surface area contributed by atoms with Crippen LogP contribution in [0.1, 0.15) is 432 Å². The van der Waals surface area contributed by atoms with Crippen molar-refractivity contribution in [3.05, 3.63) is 24.3 Å². The standard InChI is InChI=1S/C77H146O6/c1-4-7-10-13-16-19-22-25-27-29-31-33-35-36-37-38-39-40-41-42-43-45-46-48-50-52-55-58-61-64-67-70-76(79)82-73-74(72-81-75(78)69-66-63-60-57-54-24-21-18-15-12-9-6-3)83-77(80)71-68-65-62-59-56-53-51-49-47-44-34-32-30-28-26-23-20-17-14-11-8-5-2/h18,21,29,31,74H,4-17,19-20,22-28,30,32-73H2,1-3H3/b21-18-,31-29-. The van der Waals surface area contributed by atoms with Crippen LogP contribution in [0.2, 0.25) is 0 Å². The highest BCUT2D eigenvalue weighted by Gasteiger charge is 2.20. The molecule has 1 atom stereocenters. The van der Waals surface area contributed by atoms with Gasteiger partial charge in [-0.2, -0.15) is 0 Å². The molecule has 0 aromatic heterocycles. The van der Waals surface area contributed by atoms with E-state index in [-0.39, 0.29) is 31.1 Å². The Labute approximate surface area is 519 Å². The van der Waals surface area contributed by atoms with Crippen molar-refractivity contribution in [2.24, 2.45) is 0 Å². The van der Waals surface area contributed by atoms with E-state index in [0.717, 1.165) is 64.2 Å². The average molecular weight is 1170 g/mol. The summed E-state index contributed by atoms with van der Waals surface area (Å²) >= 11 is 0. The van der Waals surface area contributed by atoms with Gasteiger partial charge in [0, 0.05) is 19.3 Å². The first kappa shape index (κ1) is 80.9. The third kappa shape index (κ3) is 70.5. The fraction of sp³-hybridized carbons (Fsp3) is 0.909. The lowest BCUT2D eigenvalue weighted by Gasteiger charge is -2.18. The molecule has 0 aromatic rings. The third-order valence-electron chi connectivity index (χ3n) is 17.4. The molecule has 0 aliphatic carbocycles. The molecular weight excluding hydrogens is 1020 g/mol. The first-order valence-corrected chi connectivity index (χ1v) is 37.8. The van der Waals surface area contributed by atoms with Crippen LogP contribution in [0.15, 0.2) is 24.3 Å². The Balaban J connectivity index is 4.12. The summed E-state index contributed by atoms with van der Waals surface area (Å²) < 4.78 is 17.0. The molecule has 1 unspecified atom stereocenters. The summed E-state index contributed by atoms with van der Waals surface area (Å²) in [5.41, 5.74) is 0. The van der Waals surface area contributed by atoms with E-state index in [9.17, 15) is 14.4 Å². The minimum atomic E-state index is -0.771. The van der Waals surface area contributed by atoms with Gasteiger partial charge in [0.05, 0.1) is 0 Å². The maximum Gasteiger partial charge on any atom is 0.306 e. The molecule has 83 heavy (non-hydrogen) atoms. The highest BCUT2D eigenvalue weighted by Crippen LogP contribution is 2.19. The molecule has 0 fully saturated rings. The fourth-order valence-electron chi connectivity index (χ4n) is 11.7. The number of unbranched alkanes of at least 4 members (excludes halogenated alkanes) is 56. The van der Waals surface area contributed by atoms with E-state index in [1.807, 2.05) is 0 Å². The monoisotopic (exact) mass is 1170 g/mol. The molecule has 0 radical (unpaired) electrons. The van der Waals surface area contributed by atoms with Crippen molar-refractivity contribution in [3.8, 4) is 0 Å². The topological polar surface area (TPSA) is 78.9 Å². The summed E-state index contributed by atoms with van der Waals surface area (Å²) in [6.07, 6.45) is 89.5. The maximum atomic E-state index is 13.0. The van der Waals surface area contributed by atoms with Crippen LogP contribution in [0.25, 0.3) is 0 Å². The Morgan fingerprint density at radius 3 is 0.627 bits per heavy atom. The molecule has 6 heteroatoms. The second-order valence-corrected chi connectivity index (χ2v) is 25.9. The summed E-state index contributed by atoms with van der Waals surface area (Å²) in [7, 11) is 0. The van der Waals surface area contributed by atoms with Crippen molar-refractivity contribution in [1.29, 1.82) is 0 Å². The van der Waals surface area contributed by atoms with Crippen LogP contribution in [0.4, 0.5) is 0 Å². The number of esters is 3. The predicted molar refractivity (Wildman–Crippen MR) is 363 cm³/mol. The number of allylic oxidation sites excluding steroid dienone is 4. The molecule has 6 nitrogen and oxygen atoms in total. The molecule has 0 bridgehead atoms. The van der Waals surface area contributed by atoms with Gasteiger partial charge < -0.3 is 14.2 Å². The van der Waals surface area contributed by atoms with Crippen LogP contribution in [0.5, 0.6) is 0 Å². The third-order valence-corrected chi connectivity index (χ3v) is 17.4. The minimum absolute atomic E-state index is 0.0671. The normalized spacial score (nSPS) is 12.1. The Kier molecular flexibility index (Phi) is 70.5. The second kappa shape index (κ2) is 72.4. The molecule has 0 aromatic carbocycles. The van der Waals surface area contributed by atoms with Crippen molar-refractivity contribution < 1.29 is 28.6 Å².